The van der Waals surface area contributed by atoms with E-state index in [0.29, 0.717) is 6.04 Å². The Hall–Kier alpha value is -2.36. The van der Waals surface area contributed by atoms with Crippen LogP contribution in [0.15, 0.2) is 48.8 Å². The van der Waals surface area contributed by atoms with E-state index in [0.717, 1.165) is 17.9 Å². The summed E-state index contributed by atoms with van der Waals surface area (Å²) in [6.07, 6.45) is 2.56. The van der Waals surface area contributed by atoms with Gasteiger partial charge in [0.1, 0.15) is 12.1 Å². The van der Waals surface area contributed by atoms with Gasteiger partial charge in [-0.3, -0.25) is 0 Å². The fraction of sp³-hybridized carbons (Fsp3) is 0.250. The molecule has 3 rings (SSSR count). The fourth-order valence-electron chi connectivity index (χ4n) is 2.43. The van der Waals surface area contributed by atoms with Gasteiger partial charge in [-0.05, 0) is 43.5 Å². The highest BCUT2D eigenvalue weighted by Gasteiger charge is 2.08. The second-order valence-corrected chi connectivity index (χ2v) is 5.18. The number of fused-ring (bicyclic) bond motifs is 1. The largest absolute Gasteiger partial charge is 0.367 e. The number of nitrogens with one attached hydrogen (secondary N) is 1. The van der Waals surface area contributed by atoms with Crippen LogP contribution in [-0.4, -0.2) is 20.6 Å². The maximum atomic E-state index is 4.26. The van der Waals surface area contributed by atoms with Gasteiger partial charge in [0.25, 0.3) is 0 Å². The zero-order chi connectivity index (χ0) is 13.9. The predicted molar refractivity (Wildman–Crippen MR) is 81.0 cm³/mol. The first kappa shape index (κ1) is 12.7. The molecule has 0 amide bonds. The van der Waals surface area contributed by atoms with E-state index in [1.54, 1.807) is 6.33 Å². The number of pyridine rings is 1. The summed E-state index contributed by atoms with van der Waals surface area (Å²) in [5.74, 6) is 0.987. The van der Waals surface area contributed by atoms with Gasteiger partial charge in [-0.25, -0.2) is 4.98 Å². The molecule has 0 bridgehead atoms. The number of anilines is 1. The van der Waals surface area contributed by atoms with Crippen molar-refractivity contribution in [2.24, 2.45) is 0 Å². The lowest BCUT2D eigenvalue weighted by molar-refractivity contribution is 0.773. The smallest absolute Gasteiger partial charge is 0.157 e. The van der Waals surface area contributed by atoms with Crippen molar-refractivity contribution in [2.75, 3.05) is 5.32 Å². The van der Waals surface area contributed by atoms with Crippen LogP contribution in [-0.2, 0) is 6.42 Å². The third-order valence-electron chi connectivity index (χ3n) is 3.30. The maximum absolute atomic E-state index is 4.26. The van der Waals surface area contributed by atoms with Gasteiger partial charge in [0.2, 0.25) is 0 Å². The predicted octanol–water partition coefficient (Wildman–Crippen LogP) is 3.08. The second kappa shape index (κ2) is 5.33. The molecule has 0 radical (unpaired) electrons. The Morgan fingerprint density at radius 2 is 2.00 bits per heavy atom. The lowest BCUT2D eigenvalue weighted by Gasteiger charge is -2.16. The lowest BCUT2D eigenvalue weighted by Crippen LogP contribution is -2.20. The molecule has 0 fully saturated rings. The third kappa shape index (κ3) is 2.64. The third-order valence-corrected chi connectivity index (χ3v) is 3.30. The monoisotopic (exact) mass is 266 g/mol. The van der Waals surface area contributed by atoms with Crippen molar-refractivity contribution >= 4 is 11.5 Å². The van der Waals surface area contributed by atoms with Crippen LogP contribution in [0.3, 0.4) is 0 Å². The minimum atomic E-state index is 0.326. The van der Waals surface area contributed by atoms with Gasteiger partial charge in [-0.15, -0.1) is 0 Å². The van der Waals surface area contributed by atoms with E-state index in [1.807, 2.05) is 16.6 Å². The first-order valence-electron chi connectivity index (χ1n) is 6.83. The van der Waals surface area contributed by atoms with Crippen molar-refractivity contribution in [3.63, 3.8) is 0 Å². The summed E-state index contributed by atoms with van der Waals surface area (Å²) in [5.41, 5.74) is 3.38. The van der Waals surface area contributed by atoms with Gasteiger partial charge in [0.05, 0.1) is 0 Å². The minimum Gasteiger partial charge on any atom is -0.367 e. The Labute approximate surface area is 118 Å². The van der Waals surface area contributed by atoms with Crippen molar-refractivity contribution < 1.29 is 0 Å². The highest BCUT2D eigenvalue weighted by Crippen LogP contribution is 2.15. The molecule has 0 spiro atoms. The van der Waals surface area contributed by atoms with Gasteiger partial charge in [0, 0.05) is 6.04 Å². The molecule has 0 saturated carbocycles. The van der Waals surface area contributed by atoms with Crippen molar-refractivity contribution in [3.05, 3.63) is 59.9 Å². The van der Waals surface area contributed by atoms with Gasteiger partial charge < -0.3 is 5.32 Å². The van der Waals surface area contributed by atoms with Gasteiger partial charge in [0.15, 0.2) is 5.65 Å². The van der Waals surface area contributed by atoms with Crippen LogP contribution in [0.5, 0.6) is 0 Å². The standard InChI is InChI=1S/C16H18N4/c1-12-8-15-17-11-18-20(15)16(9-12)19-13(2)10-14-6-4-3-5-7-14/h3-9,11,13,19H,10H2,1-2H3. The molecule has 3 aromatic rings. The normalized spacial score (nSPS) is 12.5. The Morgan fingerprint density at radius 1 is 1.20 bits per heavy atom. The molecule has 102 valence electrons. The molecule has 0 saturated heterocycles. The summed E-state index contributed by atoms with van der Waals surface area (Å²) >= 11 is 0. The zero-order valence-electron chi connectivity index (χ0n) is 11.7. The van der Waals surface area contributed by atoms with E-state index >= 15 is 0 Å². The van der Waals surface area contributed by atoms with E-state index in [4.69, 9.17) is 0 Å². The van der Waals surface area contributed by atoms with E-state index in [-0.39, 0.29) is 0 Å². The van der Waals surface area contributed by atoms with Gasteiger partial charge in [-0.2, -0.15) is 9.61 Å². The number of nitrogens with zero attached hydrogens (tertiary/aromatic N) is 3. The summed E-state index contributed by atoms with van der Waals surface area (Å²) in [6.45, 7) is 4.25. The molecular weight excluding hydrogens is 248 g/mol. The number of rotatable bonds is 4. The Bertz CT molecular complexity index is 703. The fourth-order valence-corrected chi connectivity index (χ4v) is 2.43. The maximum Gasteiger partial charge on any atom is 0.157 e. The van der Waals surface area contributed by atoms with E-state index < -0.39 is 0 Å². The minimum absolute atomic E-state index is 0.326. The summed E-state index contributed by atoms with van der Waals surface area (Å²) in [6, 6.07) is 14.9. The molecule has 1 atom stereocenters. The second-order valence-electron chi connectivity index (χ2n) is 5.18. The van der Waals surface area contributed by atoms with Crippen LogP contribution in [0, 0.1) is 6.92 Å². The number of hydrogen-bond acceptors (Lipinski definition) is 3. The molecule has 1 aromatic carbocycles. The molecule has 4 nitrogen and oxygen atoms in total. The van der Waals surface area contributed by atoms with Crippen LogP contribution in [0.25, 0.3) is 5.65 Å². The molecule has 2 aromatic heterocycles. The number of hydrogen-bond donors (Lipinski definition) is 1. The average molecular weight is 266 g/mol. The number of aromatic nitrogens is 3. The Kier molecular flexibility index (Phi) is 3.37. The quantitative estimate of drug-likeness (QED) is 0.789. The van der Waals surface area contributed by atoms with Crippen LogP contribution in [0.2, 0.25) is 0 Å². The molecule has 1 unspecified atom stereocenters. The summed E-state index contributed by atoms with van der Waals surface area (Å²) in [4.78, 5) is 4.24. The molecule has 0 aliphatic carbocycles. The average Bonchev–Trinajstić information content (AvgIpc) is 2.88. The SMILES string of the molecule is Cc1cc(NC(C)Cc2ccccc2)n2ncnc2c1. The van der Waals surface area contributed by atoms with Crippen molar-refractivity contribution in [1.82, 2.24) is 14.6 Å². The van der Waals surface area contributed by atoms with Crippen LogP contribution < -0.4 is 5.32 Å². The topological polar surface area (TPSA) is 42.2 Å². The molecule has 4 heteroatoms. The summed E-state index contributed by atoms with van der Waals surface area (Å²) in [5, 5.41) is 7.78. The molecule has 20 heavy (non-hydrogen) atoms. The zero-order valence-corrected chi connectivity index (χ0v) is 11.7. The van der Waals surface area contributed by atoms with Gasteiger partial charge >= 0.3 is 0 Å². The highest BCUT2D eigenvalue weighted by molar-refractivity contribution is 5.51. The molecule has 1 N–H and O–H groups in total. The lowest BCUT2D eigenvalue weighted by atomic mass is 10.1. The van der Waals surface area contributed by atoms with E-state index in [9.17, 15) is 0 Å². The Balaban J connectivity index is 1.80. The first-order valence-corrected chi connectivity index (χ1v) is 6.83. The van der Waals surface area contributed by atoms with Crippen molar-refractivity contribution in [2.45, 2.75) is 26.3 Å². The van der Waals surface area contributed by atoms with E-state index in [2.05, 4.69) is 59.6 Å². The Morgan fingerprint density at radius 3 is 2.80 bits per heavy atom. The van der Waals surface area contributed by atoms with Crippen molar-refractivity contribution in [1.29, 1.82) is 0 Å². The van der Waals surface area contributed by atoms with Crippen LogP contribution in [0.4, 0.5) is 5.82 Å². The van der Waals surface area contributed by atoms with Gasteiger partial charge in [-0.1, -0.05) is 30.3 Å². The van der Waals surface area contributed by atoms with Crippen LogP contribution >= 0.6 is 0 Å². The highest BCUT2D eigenvalue weighted by atomic mass is 15.3. The van der Waals surface area contributed by atoms with E-state index in [1.165, 1.54) is 11.1 Å². The molecule has 0 aliphatic rings. The number of benzene rings is 1. The molecular formula is C16H18N4. The van der Waals surface area contributed by atoms with Crippen molar-refractivity contribution in [3.8, 4) is 0 Å². The molecule has 0 aliphatic heterocycles. The summed E-state index contributed by atoms with van der Waals surface area (Å²) < 4.78 is 1.84. The number of aryl methyl sites for hydroxylation is 1. The summed E-state index contributed by atoms with van der Waals surface area (Å²) in [7, 11) is 0. The first-order chi connectivity index (χ1) is 9.72. The molecule has 2 heterocycles. The van der Waals surface area contributed by atoms with Crippen LogP contribution in [0.1, 0.15) is 18.1 Å².